The van der Waals surface area contributed by atoms with E-state index in [-0.39, 0.29) is 17.8 Å². The number of likely N-dealkylation sites (tertiary alicyclic amines) is 1. The molecule has 5 nitrogen and oxygen atoms in total. The summed E-state index contributed by atoms with van der Waals surface area (Å²) < 4.78 is 19.4. The Balaban J connectivity index is 1.43. The van der Waals surface area contributed by atoms with Crippen LogP contribution in [0.15, 0.2) is 67.0 Å². The second-order valence-electron chi connectivity index (χ2n) is 8.42. The standard InChI is InChI=1S/C27H26FN3O2/c1-33-21-7-4-19(5-8-21)27-22(23-17-20(28)6-10-24(23)30-27)9-11-26(32)31-16-2-3-25(31)18-12-14-29-15-13-18/h4-8,10,12-15,17,25,30H,2-3,9,11,16H2,1H3/t25-/m0/s1. The van der Waals surface area contributed by atoms with Gasteiger partial charge in [-0.05, 0) is 90.6 Å². The van der Waals surface area contributed by atoms with Crippen LogP contribution in [0.1, 0.15) is 36.4 Å². The van der Waals surface area contributed by atoms with Gasteiger partial charge in [-0.1, -0.05) is 0 Å². The number of aromatic amines is 1. The van der Waals surface area contributed by atoms with E-state index in [1.54, 1.807) is 31.6 Å². The van der Waals surface area contributed by atoms with Gasteiger partial charge in [0, 0.05) is 42.0 Å². The van der Waals surface area contributed by atoms with Crippen molar-refractivity contribution >= 4 is 16.8 Å². The van der Waals surface area contributed by atoms with Gasteiger partial charge in [0.15, 0.2) is 0 Å². The highest BCUT2D eigenvalue weighted by Crippen LogP contribution is 2.35. The number of halogens is 1. The number of aromatic nitrogens is 2. The molecule has 0 unspecified atom stereocenters. The fraction of sp³-hybridized carbons (Fsp3) is 0.259. The molecule has 1 saturated heterocycles. The van der Waals surface area contributed by atoms with Crippen LogP contribution in [0.5, 0.6) is 5.75 Å². The van der Waals surface area contributed by atoms with Crippen molar-refractivity contribution < 1.29 is 13.9 Å². The number of hydrogen-bond donors (Lipinski definition) is 1. The molecule has 1 aliphatic heterocycles. The number of fused-ring (bicyclic) bond motifs is 1. The maximum atomic E-state index is 14.1. The number of nitrogens with zero attached hydrogens (tertiary/aromatic N) is 2. The first-order valence-corrected chi connectivity index (χ1v) is 11.3. The van der Waals surface area contributed by atoms with Crippen molar-refractivity contribution in [2.24, 2.45) is 0 Å². The third kappa shape index (κ3) is 4.21. The van der Waals surface area contributed by atoms with Crippen molar-refractivity contribution in [2.45, 2.75) is 31.7 Å². The van der Waals surface area contributed by atoms with E-state index in [2.05, 4.69) is 9.97 Å². The van der Waals surface area contributed by atoms with E-state index in [0.717, 1.165) is 58.4 Å². The third-order valence-corrected chi connectivity index (χ3v) is 6.50. The predicted octanol–water partition coefficient (Wildman–Crippen LogP) is 5.67. The number of pyridine rings is 1. The van der Waals surface area contributed by atoms with Crippen molar-refractivity contribution in [1.82, 2.24) is 14.9 Å². The smallest absolute Gasteiger partial charge is 0.223 e. The van der Waals surface area contributed by atoms with Gasteiger partial charge in [0.2, 0.25) is 5.91 Å². The summed E-state index contributed by atoms with van der Waals surface area (Å²) in [6.45, 7) is 0.764. The Labute approximate surface area is 192 Å². The Bertz CT molecular complexity index is 1270. The zero-order valence-corrected chi connectivity index (χ0v) is 18.6. The molecule has 2 aromatic carbocycles. The van der Waals surface area contributed by atoms with Crippen LogP contribution in [-0.4, -0.2) is 34.4 Å². The van der Waals surface area contributed by atoms with E-state index >= 15 is 0 Å². The van der Waals surface area contributed by atoms with Gasteiger partial charge in [-0.15, -0.1) is 0 Å². The summed E-state index contributed by atoms with van der Waals surface area (Å²) in [6.07, 6.45) is 6.41. The number of H-pyrrole nitrogens is 1. The first-order valence-electron chi connectivity index (χ1n) is 11.3. The molecule has 33 heavy (non-hydrogen) atoms. The van der Waals surface area contributed by atoms with Crippen molar-refractivity contribution in [3.05, 3.63) is 83.9 Å². The van der Waals surface area contributed by atoms with Crippen LogP contribution in [0.4, 0.5) is 4.39 Å². The first kappa shape index (κ1) is 21.2. The zero-order valence-electron chi connectivity index (χ0n) is 18.6. The molecule has 1 aliphatic rings. The van der Waals surface area contributed by atoms with Gasteiger partial charge in [-0.25, -0.2) is 4.39 Å². The van der Waals surface area contributed by atoms with Gasteiger partial charge in [0.05, 0.1) is 13.2 Å². The fourth-order valence-electron chi connectivity index (χ4n) is 4.86. The number of amides is 1. The number of aryl methyl sites for hydroxylation is 1. The summed E-state index contributed by atoms with van der Waals surface area (Å²) in [5, 5.41) is 0.820. The van der Waals surface area contributed by atoms with E-state index in [1.165, 1.54) is 6.07 Å². The largest absolute Gasteiger partial charge is 0.497 e. The van der Waals surface area contributed by atoms with Gasteiger partial charge in [-0.2, -0.15) is 0 Å². The minimum Gasteiger partial charge on any atom is -0.497 e. The van der Waals surface area contributed by atoms with E-state index in [9.17, 15) is 9.18 Å². The molecule has 5 rings (SSSR count). The van der Waals surface area contributed by atoms with Crippen molar-refractivity contribution in [1.29, 1.82) is 0 Å². The van der Waals surface area contributed by atoms with E-state index in [0.29, 0.717) is 12.8 Å². The molecule has 3 heterocycles. The molecular formula is C27H26FN3O2. The summed E-state index contributed by atoms with van der Waals surface area (Å²) in [5.41, 5.74) is 4.84. The summed E-state index contributed by atoms with van der Waals surface area (Å²) in [5.74, 6) is 0.613. The second-order valence-corrected chi connectivity index (χ2v) is 8.42. The molecule has 0 aliphatic carbocycles. The molecule has 0 bridgehead atoms. The number of ether oxygens (including phenoxy) is 1. The highest BCUT2D eigenvalue weighted by Gasteiger charge is 2.30. The van der Waals surface area contributed by atoms with Gasteiger partial charge < -0.3 is 14.6 Å². The van der Waals surface area contributed by atoms with Crippen LogP contribution in [0.2, 0.25) is 0 Å². The van der Waals surface area contributed by atoms with Gasteiger partial charge in [0.25, 0.3) is 0 Å². The lowest BCUT2D eigenvalue weighted by Crippen LogP contribution is -2.30. The summed E-state index contributed by atoms with van der Waals surface area (Å²) in [4.78, 5) is 22.8. The van der Waals surface area contributed by atoms with E-state index in [4.69, 9.17) is 4.74 Å². The number of nitrogens with one attached hydrogen (secondary N) is 1. The summed E-state index contributed by atoms with van der Waals surface area (Å²) in [7, 11) is 1.63. The van der Waals surface area contributed by atoms with Crippen molar-refractivity contribution in [3.8, 4) is 17.0 Å². The van der Waals surface area contributed by atoms with E-state index in [1.807, 2.05) is 41.3 Å². The normalized spacial score (nSPS) is 15.8. The average molecular weight is 444 g/mol. The average Bonchev–Trinajstić information content (AvgIpc) is 3.48. The Kier molecular flexibility index (Phi) is 5.82. The lowest BCUT2D eigenvalue weighted by Gasteiger charge is -2.25. The lowest BCUT2D eigenvalue weighted by atomic mass is 10.00. The lowest BCUT2D eigenvalue weighted by molar-refractivity contribution is -0.132. The Morgan fingerprint density at radius 2 is 1.94 bits per heavy atom. The quantitative estimate of drug-likeness (QED) is 0.417. The number of hydrogen-bond acceptors (Lipinski definition) is 3. The Morgan fingerprint density at radius 3 is 2.70 bits per heavy atom. The molecule has 0 saturated carbocycles. The number of benzene rings is 2. The SMILES string of the molecule is COc1ccc(-c2[nH]c3ccc(F)cc3c2CCC(=O)N2CCC[C@H]2c2ccncc2)cc1. The van der Waals surface area contributed by atoms with Crippen molar-refractivity contribution in [3.63, 3.8) is 0 Å². The third-order valence-electron chi connectivity index (χ3n) is 6.50. The molecule has 1 fully saturated rings. The van der Waals surface area contributed by atoms with Gasteiger partial charge >= 0.3 is 0 Å². The predicted molar refractivity (Wildman–Crippen MR) is 126 cm³/mol. The molecule has 0 spiro atoms. The number of carbonyl (C=O) groups is 1. The number of methoxy groups -OCH3 is 1. The number of carbonyl (C=O) groups excluding carboxylic acids is 1. The monoisotopic (exact) mass is 443 g/mol. The fourth-order valence-corrected chi connectivity index (χ4v) is 4.86. The Morgan fingerprint density at radius 1 is 1.15 bits per heavy atom. The van der Waals surface area contributed by atoms with Crippen molar-refractivity contribution in [2.75, 3.05) is 13.7 Å². The minimum atomic E-state index is -0.285. The van der Waals surface area contributed by atoms with Crippen LogP contribution >= 0.6 is 0 Å². The zero-order chi connectivity index (χ0) is 22.8. The molecule has 1 N–H and O–H groups in total. The van der Waals surface area contributed by atoms with Gasteiger partial charge in [-0.3, -0.25) is 9.78 Å². The highest BCUT2D eigenvalue weighted by atomic mass is 19.1. The van der Waals surface area contributed by atoms with Crippen LogP contribution < -0.4 is 4.74 Å². The second kappa shape index (κ2) is 9.06. The maximum absolute atomic E-state index is 14.1. The summed E-state index contributed by atoms with van der Waals surface area (Å²) in [6, 6.07) is 16.6. The maximum Gasteiger partial charge on any atom is 0.223 e. The van der Waals surface area contributed by atoms with Crippen LogP contribution in [-0.2, 0) is 11.2 Å². The first-order chi connectivity index (χ1) is 16.1. The molecule has 0 radical (unpaired) electrons. The van der Waals surface area contributed by atoms with E-state index < -0.39 is 0 Å². The van der Waals surface area contributed by atoms with Crippen LogP contribution in [0.25, 0.3) is 22.2 Å². The van der Waals surface area contributed by atoms with Crippen LogP contribution in [0, 0.1) is 5.82 Å². The molecule has 1 amide bonds. The summed E-state index contributed by atoms with van der Waals surface area (Å²) >= 11 is 0. The molecule has 168 valence electrons. The molecule has 4 aromatic rings. The molecular weight excluding hydrogens is 417 g/mol. The number of rotatable bonds is 6. The molecule has 1 atom stereocenters. The highest BCUT2D eigenvalue weighted by molar-refractivity contribution is 5.91. The minimum absolute atomic E-state index is 0.0990. The molecule has 2 aromatic heterocycles. The Hall–Kier alpha value is -3.67. The molecule has 6 heteroatoms. The van der Waals surface area contributed by atoms with Gasteiger partial charge in [0.1, 0.15) is 11.6 Å². The van der Waals surface area contributed by atoms with Crippen LogP contribution in [0.3, 0.4) is 0 Å². The topological polar surface area (TPSA) is 58.2 Å².